The van der Waals surface area contributed by atoms with Crippen LogP contribution in [0, 0.1) is 0 Å². The van der Waals surface area contributed by atoms with Crippen LogP contribution in [-0.2, 0) is 10.8 Å². The highest BCUT2D eigenvalue weighted by molar-refractivity contribution is 6.69. The number of hydrogen-bond acceptors (Lipinski definition) is 2. The van der Waals surface area contributed by atoms with Gasteiger partial charge in [0.2, 0.25) is 0 Å². The van der Waals surface area contributed by atoms with Crippen LogP contribution in [-0.4, -0.2) is 14.9 Å². The SMILES string of the molecule is C[Si](C)(C)OCCc1ccco1. The molecule has 0 amide bonds. The first-order valence-corrected chi connectivity index (χ1v) is 7.65. The molecule has 1 aromatic rings. The van der Waals surface area contributed by atoms with Crippen LogP contribution in [0.25, 0.3) is 0 Å². The molecule has 0 spiro atoms. The molecular weight excluding hydrogens is 168 g/mol. The normalized spacial score (nSPS) is 11.9. The fraction of sp³-hybridized carbons (Fsp3) is 0.556. The lowest BCUT2D eigenvalue weighted by Gasteiger charge is -2.16. The van der Waals surface area contributed by atoms with Crippen LogP contribution in [0.4, 0.5) is 0 Å². The topological polar surface area (TPSA) is 22.4 Å². The molecule has 1 aromatic heterocycles. The molecule has 3 heteroatoms. The van der Waals surface area contributed by atoms with Crippen LogP contribution >= 0.6 is 0 Å². The molecule has 1 heterocycles. The summed E-state index contributed by atoms with van der Waals surface area (Å²) >= 11 is 0. The van der Waals surface area contributed by atoms with Crippen molar-refractivity contribution in [3.8, 4) is 0 Å². The summed E-state index contributed by atoms with van der Waals surface area (Å²) in [4.78, 5) is 0. The van der Waals surface area contributed by atoms with E-state index in [-0.39, 0.29) is 0 Å². The molecule has 0 unspecified atom stereocenters. The molecule has 12 heavy (non-hydrogen) atoms. The van der Waals surface area contributed by atoms with Crippen molar-refractivity contribution in [1.29, 1.82) is 0 Å². The van der Waals surface area contributed by atoms with Gasteiger partial charge in [0.1, 0.15) is 5.76 Å². The van der Waals surface area contributed by atoms with Gasteiger partial charge in [-0.1, -0.05) is 0 Å². The van der Waals surface area contributed by atoms with E-state index in [9.17, 15) is 0 Å². The highest BCUT2D eigenvalue weighted by Crippen LogP contribution is 2.05. The predicted octanol–water partition coefficient (Wildman–Crippen LogP) is 2.67. The van der Waals surface area contributed by atoms with Crippen LogP contribution in [0.1, 0.15) is 5.76 Å². The second kappa shape index (κ2) is 3.91. The number of furan rings is 1. The van der Waals surface area contributed by atoms with Gasteiger partial charge in [-0.2, -0.15) is 0 Å². The standard InChI is InChI=1S/C9H16O2Si/c1-12(2,3)11-8-6-9-5-4-7-10-9/h4-5,7H,6,8H2,1-3H3. The van der Waals surface area contributed by atoms with E-state index >= 15 is 0 Å². The van der Waals surface area contributed by atoms with Crippen molar-refractivity contribution in [3.05, 3.63) is 24.2 Å². The summed E-state index contributed by atoms with van der Waals surface area (Å²) in [5.41, 5.74) is 0. The Morgan fingerprint density at radius 2 is 2.17 bits per heavy atom. The second-order valence-corrected chi connectivity index (χ2v) is 8.30. The maximum absolute atomic E-state index is 5.68. The molecule has 0 aliphatic carbocycles. The average molecular weight is 184 g/mol. The minimum Gasteiger partial charge on any atom is -0.469 e. The van der Waals surface area contributed by atoms with Gasteiger partial charge in [0.15, 0.2) is 8.32 Å². The molecule has 0 aliphatic rings. The van der Waals surface area contributed by atoms with E-state index in [2.05, 4.69) is 19.6 Å². The van der Waals surface area contributed by atoms with E-state index in [4.69, 9.17) is 8.84 Å². The summed E-state index contributed by atoms with van der Waals surface area (Å²) in [6.07, 6.45) is 2.58. The van der Waals surface area contributed by atoms with E-state index in [1.165, 1.54) is 0 Å². The first kappa shape index (κ1) is 9.54. The maximum Gasteiger partial charge on any atom is 0.183 e. The number of rotatable bonds is 4. The van der Waals surface area contributed by atoms with E-state index in [1.54, 1.807) is 6.26 Å². The molecule has 2 nitrogen and oxygen atoms in total. The highest BCUT2D eigenvalue weighted by Gasteiger charge is 2.13. The first-order chi connectivity index (χ1) is 5.58. The minimum absolute atomic E-state index is 0.781. The van der Waals surface area contributed by atoms with Crippen molar-refractivity contribution in [2.45, 2.75) is 26.1 Å². The Balaban J connectivity index is 2.20. The quantitative estimate of drug-likeness (QED) is 0.671. The van der Waals surface area contributed by atoms with Gasteiger partial charge in [-0.25, -0.2) is 0 Å². The molecule has 0 N–H and O–H groups in total. The summed E-state index contributed by atoms with van der Waals surface area (Å²) in [5, 5.41) is 0. The highest BCUT2D eigenvalue weighted by atomic mass is 28.4. The number of hydrogen-bond donors (Lipinski definition) is 0. The lowest BCUT2D eigenvalue weighted by Crippen LogP contribution is -2.26. The third kappa shape index (κ3) is 3.73. The van der Waals surface area contributed by atoms with Gasteiger partial charge in [-0.3, -0.25) is 0 Å². The van der Waals surface area contributed by atoms with Gasteiger partial charge >= 0.3 is 0 Å². The summed E-state index contributed by atoms with van der Waals surface area (Å²) in [6.45, 7) is 7.35. The fourth-order valence-corrected chi connectivity index (χ4v) is 1.63. The lowest BCUT2D eigenvalue weighted by atomic mass is 10.3. The zero-order valence-electron chi connectivity index (χ0n) is 7.96. The smallest absolute Gasteiger partial charge is 0.183 e. The summed E-state index contributed by atoms with van der Waals surface area (Å²) in [5.74, 6) is 1.01. The van der Waals surface area contributed by atoms with Crippen molar-refractivity contribution in [2.24, 2.45) is 0 Å². The van der Waals surface area contributed by atoms with Crippen LogP contribution in [0.2, 0.25) is 19.6 Å². The van der Waals surface area contributed by atoms with Gasteiger partial charge < -0.3 is 8.84 Å². The zero-order chi connectivity index (χ0) is 9.03. The Bertz CT molecular complexity index is 211. The third-order valence-corrected chi connectivity index (χ3v) is 2.53. The Morgan fingerprint density at radius 3 is 2.67 bits per heavy atom. The molecule has 0 aliphatic heterocycles. The first-order valence-electron chi connectivity index (χ1n) is 4.24. The van der Waals surface area contributed by atoms with Crippen LogP contribution in [0.15, 0.2) is 22.8 Å². The monoisotopic (exact) mass is 184 g/mol. The Kier molecular flexibility index (Phi) is 3.11. The fourth-order valence-electron chi connectivity index (χ4n) is 0.913. The summed E-state index contributed by atoms with van der Waals surface area (Å²) in [6, 6.07) is 3.89. The zero-order valence-corrected chi connectivity index (χ0v) is 8.96. The molecule has 1 rings (SSSR count). The molecule has 0 fully saturated rings. The predicted molar refractivity (Wildman–Crippen MR) is 51.7 cm³/mol. The molecule has 0 bridgehead atoms. The van der Waals surface area contributed by atoms with Gasteiger partial charge in [0.05, 0.1) is 6.26 Å². The van der Waals surface area contributed by atoms with Gasteiger partial charge in [0, 0.05) is 13.0 Å². The van der Waals surface area contributed by atoms with Crippen LogP contribution in [0.3, 0.4) is 0 Å². The van der Waals surface area contributed by atoms with Crippen LogP contribution < -0.4 is 0 Å². The molecule has 0 atom stereocenters. The second-order valence-electron chi connectivity index (χ2n) is 3.79. The molecule has 0 saturated heterocycles. The lowest BCUT2D eigenvalue weighted by molar-refractivity contribution is 0.303. The van der Waals surface area contributed by atoms with Crippen molar-refractivity contribution >= 4 is 8.32 Å². The van der Waals surface area contributed by atoms with E-state index in [0.717, 1.165) is 18.8 Å². The van der Waals surface area contributed by atoms with Crippen molar-refractivity contribution in [2.75, 3.05) is 6.61 Å². The summed E-state index contributed by atoms with van der Waals surface area (Å²) < 4.78 is 10.9. The Hall–Kier alpha value is -0.543. The van der Waals surface area contributed by atoms with Gasteiger partial charge in [-0.05, 0) is 31.8 Å². The largest absolute Gasteiger partial charge is 0.469 e. The van der Waals surface area contributed by atoms with E-state index in [0.29, 0.717) is 0 Å². The molecule has 0 saturated carbocycles. The molecule has 0 radical (unpaired) electrons. The molecule has 68 valence electrons. The third-order valence-electron chi connectivity index (χ3n) is 1.46. The summed E-state index contributed by atoms with van der Waals surface area (Å²) in [7, 11) is -1.33. The van der Waals surface area contributed by atoms with E-state index < -0.39 is 8.32 Å². The van der Waals surface area contributed by atoms with Crippen molar-refractivity contribution in [1.82, 2.24) is 0 Å². The van der Waals surface area contributed by atoms with Gasteiger partial charge in [-0.15, -0.1) is 0 Å². The molecular formula is C9H16O2Si. The van der Waals surface area contributed by atoms with Crippen molar-refractivity contribution in [3.63, 3.8) is 0 Å². The molecule has 0 aromatic carbocycles. The van der Waals surface area contributed by atoms with E-state index in [1.807, 2.05) is 12.1 Å². The Morgan fingerprint density at radius 1 is 1.42 bits per heavy atom. The Labute approximate surface area is 74.7 Å². The minimum atomic E-state index is -1.33. The van der Waals surface area contributed by atoms with Crippen molar-refractivity contribution < 1.29 is 8.84 Å². The maximum atomic E-state index is 5.68. The van der Waals surface area contributed by atoms with Gasteiger partial charge in [0.25, 0.3) is 0 Å². The van der Waals surface area contributed by atoms with Crippen LogP contribution in [0.5, 0.6) is 0 Å². The average Bonchev–Trinajstić information content (AvgIpc) is 2.36.